The van der Waals surface area contributed by atoms with Crippen LogP contribution in [0.3, 0.4) is 0 Å². The van der Waals surface area contributed by atoms with E-state index in [-0.39, 0.29) is 17.9 Å². The summed E-state index contributed by atoms with van der Waals surface area (Å²) in [5.74, 6) is -1.61. The van der Waals surface area contributed by atoms with Gasteiger partial charge in [0.2, 0.25) is 5.91 Å². The van der Waals surface area contributed by atoms with Gasteiger partial charge in [-0.15, -0.1) is 0 Å². The van der Waals surface area contributed by atoms with Gasteiger partial charge in [-0.3, -0.25) is 4.79 Å². The Balaban J connectivity index is 2.13. The minimum Gasteiger partial charge on any atom is -0.505 e. The lowest BCUT2D eigenvalue weighted by Gasteiger charge is -2.10. The number of amides is 1. The molecule has 0 spiro atoms. The third-order valence-corrected chi connectivity index (χ3v) is 3.36. The van der Waals surface area contributed by atoms with Crippen molar-refractivity contribution in [1.29, 1.82) is 0 Å². The second-order valence-electron chi connectivity index (χ2n) is 4.39. The summed E-state index contributed by atoms with van der Waals surface area (Å²) < 4.78 is 13.6. The molecule has 2 aromatic carbocycles. The lowest BCUT2D eigenvalue weighted by Crippen LogP contribution is -2.16. The standard InChI is InChI=1S/C15H13ClFNO2/c1-9-11(16)5-3-6-12(9)18-14(20)8-10-4-2-7-13(19)15(10)17/h2-7,19H,8H2,1H3,(H,18,20). The fourth-order valence-electron chi connectivity index (χ4n) is 1.81. The fourth-order valence-corrected chi connectivity index (χ4v) is 1.99. The maximum atomic E-state index is 13.6. The molecule has 0 aliphatic rings. The molecule has 0 heterocycles. The van der Waals surface area contributed by atoms with Gasteiger partial charge < -0.3 is 10.4 Å². The first-order chi connectivity index (χ1) is 9.49. The summed E-state index contributed by atoms with van der Waals surface area (Å²) in [6.45, 7) is 1.78. The van der Waals surface area contributed by atoms with Crippen LogP contribution in [-0.4, -0.2) is 11.0 Å². The topological polar surface area (TPSA) is 49.3 Å². The molecule has 2 aromatic rings. The van der Waals surface area contributed by atoms with Crippen LogP contribution in [0.15, 0.2) is 36.4 Å². The predicted octanol–water partition coefficient (Wildman–Crippen LogP) is 3.67. The number of phenols is 1. The zero-order chi connectivity index (χ0) is 14.7. The molecule has 0 aromatic heterocycles. The highest BCUT2D eigenvalue weighted by atomic mass is 35.5. The van der Waals surface area contributed by atoms with Gasteiger partial charge in [0.25, 0.3) is 0 Å². The highest BCUT2D eigenvalue weighted by molar-refractivity contribution is 6.31. The van der Waals surface area contributed by atoms with Crippen molar-refractivity contribution in [3.05, 3.63) is 58.4 Å². The lowest BCUT2D eigenvalue weighted by atomic mass is 10.1. The van der Waals surface area contributed by atoms with E-state index < -0.39 is 11.6 Å². The molecule has 0 aliphatic heterocycles. The SMILES string of the molecule is Cc1c(Cl)cccc1NC(=O)Cc1cccc(O)c1F. The van der Waals surface area contributed by atoms with Crippen LogP contribution in [0.2, 0.25) is 5.02 Å². The minimum absolute atomic E-state index is 0.141. The molecule has 0 saturated heterocycles. The molecule has 3 nitrogen and oxygen atoms in total. The number of phenolic OH excluding ortho intramolecular Hbond substituents is 1. The Hall–Kier alpha value is -2.07. The highest BCUT2D eigenvalue weighted by Crippen LogP contribution is 2.24. The second kappa shape index (κ2) is 5.92. The van der Waals surface area contributed by atoms with E-state index in [1.807, 2.05) is 0 Å². The van der Waals surface area contributed by atoms with Crippen LogP contribution in [0.4, 0.5) is 10.1 Å². The molecule has 5 heteroatoms. The Kier molecular flexibility index (Phi) is 4.25. The van der Waals surface area contributed by atoms with Crippen LogP contribution < -0.4 is 5.32 Å². The number of hydrogen-bond acceptors (Lipinski definition) is 2. The summed E-state index contributed by atoms with van der Waals surface area (Å²) in [4.78, 5) is 11.9. The molecule has 2 N–H and O–H groups in total. The molecular weight excluding hydrogens is 281 g/mol. The number of nitrogens with one attached hydrogen (secondary N) is 1. The van der Waals surface area contributed by atoms with Crippen molar-refractivity contribution in [2.75, 3.05) is 5.32 Å². The minimum atomic E-state index is -0.773. The molecular formula is C15H13ClFNO2. The quantitative estimate of drug-likeness (QED) is 0.907. The molecule has 0 saturated carbocycles. The van der Waals surface area contributed by atoms with Gasteiger partial charge in [-0.25, -0.2) is 4.39 Å². The largest absolute Gasteiger partial charge is 0.505 e. The van der Waals surface area contributed by atoms with E-state index in [0.29, 0.717) is 10.7 Å². The number of hydrogen-bond donors (Lipinski definition) is 2. The molecule has 0 bridgehead atoms. The molecule has 1 amide bonds. The average molecular weight is 294 g/mol. The first-order valence-corrected chi connectivity index (χ1v) is 6.38. The van der Waals surface area contributed by atoms with Crippen LogP contribution in [0.25, 0.3) is 0 Å². The lowest BCUT2D eigenvalue weighted by molar-refractivity contribution is -0.115. The van der Waals surface area contributed by atoms with Crippen molar-refractivity contribution in [2.45, 2.75) is 13.3 Å². The maximum absolute atomic E-state index is 13.6. The summed E-state index contributed by atoms with van der Waals surface area (Å²) in [6.07, 6.45) is -0.161. The van der Waals surface area contributed by atoms with Gasteiger partial charge in [0.05, 0.1) is 6.42 Å². The maximum Gasteiger partial charge on any atom is 0.228 e. The van der Waals surface area contributed by atoms with E-state index in [4.69, 9.17) is 11.6 Å². The summed E-state index contributed by atoms with van der Waals surface area (Å²) in [5, 5.41) is 12.5. The zero-order valence-electron chi connectivity index (χ0n) is 10.8. The van der Waals surface area contributed by atoms with Crippen LogP contribution in [0, 0.1) is 12.7 Å². The molecule has 20 heavy (non-hydrogen) atoms. The van der Waals surface area contributed by atoms with E-state index in [1.165, 1.54) is 18.2 Å². The number of carbonyl (C=O) groups is 1. The number of aromatic hydroxyl groups is 1. The molecule has 0 unspecified atom stereocenters. The first-order valence-electron chi connectivity index (χ1n) is 6.00. The van der Waals surface area contributed by atoms with Gasteiger partial charge >= 0.3 is 0 Å². The van der Waals surface area contributed by atoms with E-state index in [2.05, 4.69) is 5.32 Å². The van der Waals surface area contributed by atoms with Gasteiger partial charge in [-0.2, -0.15) is 0 Å². The van der Waals surface area contributed by atoms with E-state index in [0.717, 1.165) is 5.56 Å². The van der Waals surface area contributed by atoms with Gasteiger partial charge in [0.15, 0.2) is 11.6 Å². The number of carbonyl (C=O) groups excluding carboxylic acids is 1. The van der Waals surface area contributed by atoms with Crippen molar-refractivity contribution in [3.8, 4) is 5.75 Å². The van der Waals surface area contributed by atoms with Crippen molar-refractivity contribution < 1.29 is 14.3 Å². The Bertz CT molecular complexity index is 603. The highest BCUT2D eigenvalue weighted by Gasteiger charge is 2.12. The molecule has 0 aliphatic carbocycles. The third kappa shape index (κ3) is 3.08. The zero-order valence-corrected chi connectivity index (χ0v) is 11.5. The third-order valence-electron chi connectivity index (χ3n) is 2.95. The number of anilines is 1. The summed E-state index contributed by atoms with van der Waals surface area (Å²) in [5.41, 5.74) is 1.48. The van der Waals surface area contributed by atoms with Crippen molar-refractivity contribution in [3.63, 3.8) is 0 Å². The van der Waals surface area contributed by atoms with E-state index in [9.17, 15) is 14.3 Å². The van der Waals surface area contributed by atoms with Crippen molar-refractivity contribution in [2.24, 2.45) is 0 Å². The molecule has 2 rings (SSSR count). The Morgan fingerprint density at radius 2 is 2.00 bits per heavy atom. The van der Waals surface area contributed by atoms with Crippen LogP contribution >= 0.6 is 11.6 Å². The van der Waals surface area contributed by atoms with E-state index in [1.54, 1.807) is 25.1 Å². The van der Waals surface area contributed by atoms with Gasteiger partial charge in [-0.1, -0.05) is 29.8 Å². The van der Waals surface area contributed by atoms with Gasteiger partial charge in [0.1, 0.15) is 0 Å². The number of benzene rings is 2. The fraction of sp³-hybridized carbons (Fsp3) is 0.133. The Labute approximate surface area is 121 Å². The number of rotatable bonds is 3. The van der Waals surface area contributed by atoms with E-state index >= 15 is 0 Å². The smallest absolute Gasteiger partial charge is 0.228 e. The monoisotopic (exact) mass is 293 g/mol. The average Bonchev–Trinajstić information content (AvgIpc) is 2.40. The van der Waals surface area contributed by atoms with Crippen molar-refractivity contribution in [1.82, 2.24) is 0 Å². The molecule has 0 radical (unpaired) electrons. The summed E-state index contributed by atoms with van der Waals surface area (Å²) >= 11 is 5.96. The first kappa shape index (κ1) is 14.3. The van der Waals surface area contributed by atoms with Crippen LogP contribution in [0.5, 0.6) is 5.75 Å². The molecule has 0 fully saturated rings. The van der Waals surface area contributed by atoms with Gasteiger partial charge in [0, 0.05) is 16.3 Å². The van der Waals surface area contributed by atoms with Gasteiger partial charge in [-0.05, 0) is 30.7 Å². The van der Waals surface area contributed by atoms with Crippen LogP contribution in [-0.2, 0) is 11.2 Å². The van der Waals surface area contributed by atoms with Crippen LogP contribution in [0.1, 0.15) is 11.1 Å². The molecule has 0 atom stereocenters. The predicted molar refractivity (Wildman–Crippen MR) is 76.6 cm³/mol. The Morgan fingerprint density at radius 1 is 1.30 bits per heavy atom. The number of halogens is 2. The second-order valence-corrected chi connectivity index (χ2v) is 4.79. The summed E-state index contributed by atoms with van der Waals surface area (Å²) in [6, 6.07) is 9.35. The summed E-state index contributed by atoms with van der Waals surface area (Å²) in [7, 11) is 0. The Morgan fingerprint density at radius 3 is 2.75 bits per heavy atom. The van der Waals surface area contributed by atoms with Crippen molar-refractivity contribution >= 4 is 23.2 Å². The normalized spacial score (nSPS) is 10.3. The molecule has 104 valence electrons.